The number of nitrogens with one attached hydrogen (secondary N) is 1. The highest BCUT2D eigenvalue weighted by molar-refractivity contribution is 5.17. The van der Waals surface area contributed by atoms with Crippen LogP contribution >= 0.6 is 0 Å². The fourth-order valence-electron chi connectivity index (χ4n) is 2.34. The molecule has 1 aromatic heterocycles. The molecule has 1 fully saturated rings. The van der Waals surface area contributed by atoms with Gasteiger partial charge in [-0.1, -0.05) is 5.92 Å². The Kier molecular flexibility index (Phi) is 3.03. The Morgan fingerprint density at radius 3 is 2.76 bits per heavy atom. The predicted molar refractivity (Wildman–Crippen MR) is 64.6 cm³/mol. The first-order valence-corrected chi connectivity index (χ1v) is 5.80. The molecule has 2 rings (SSSR count). The molecule has 0 bridgehead atoms. The molecular weight excluding hydrogens is 216 g/mol. The number of hydrogen-bond donors (Lipinski definition) is 2. The van der Waals surface area contributed by atoms with E-state index in [0.717, 1.165) is 12.8 Å². The van der Waals surface area contributed by atoms with Gasteiger partial charge in [0.2, 0.25) is 0 Å². The highest BCUT2D eigenvalue weighted by Crippen LogP contribution is 2.36. The summed E-state index contributed by atoms with van der Waals surface area (Å²) in [4.78, 5) is 18.6. The summed E-state index contributed by atoms with van der Waals surface area (Å²) in [5.41, 5.74) is -0.357. The molecule has 1 aliphatic carbocycles. The molecule has 1 aliphatic rings. The number of rotatable bonds is 1. The molecule has 4 nitrogen and oxygen atoms in total. The maximum atomic E-state index is 11.8. The Morgan fingerprint density at radius 2 is 2.24 bits per heavy atom. The van der Waals surface area contributed by atoms with Gasteiger partial charge in [-0.2, -0.15) is 0 Å². The quantitative estimate of drug-likeness (QED) is 0.712. The molecule has 0 unspecified atom stereocenters. The van der Waals surface area contributed by atoms with Crippen molar-refractivity contribution in [3.8, 4) is 12.3 Å². The number of nitrogens with zero attached hydrogens (tertiary/aromatic N) is 1. The molecule has 0 atom stereocenters. The summed E-state index contributed by atoms with van der Waals surface area (Å²) < 4.78 is 0. The minimum absolute atomic E-state index is 0.0753. The van der Waals surface area contributed by atoms with Gasteiger partial charge in [-0.05, 0) is 38.5 Å². The Balaban J connectivity index is 2.17. The van der Waals surface area contributed by atoms with Gasteiger partial charge in [-0.3, -0.25) is 4.79 Å². The molecule has 0 amide bonds. The summed E-state index contributed by atoms with van der Waals surface area (Å²) in [6, 6.07) is 0. The Bertz CT molecular complexity index is 505. The first-order chi connectivity index (χ1) is 8.04. The zero-order valence-corrected chi connectivity index (χ0v) is 9.86. The molecular formula is C13H16N2O2. The van der Waals surface area contributed by atoms with Crippen LogP contribution in [0.25, 0.3) is 0 Å². The third-order valence-electron chi connectivity index (χ3n) is 3.48. The van der Waals surface area contributed by atoms with Crippen LogP contribution in [0.15, 0.2) is 11.0 Å². The Labute approximate surface area is 100 Å². The molecule has 1 aromatic rings. The minimum atomic E-state index is -0.985. The van der Waals surface area contributed by atoms with E-state index in [-0.39, 0.29) is 11.5 Å². The van der Waals surface area contributed by atoms with Crippen LogP contribution in [0, 0.1) is 19.3 Å². The van der Waals surface area contributed by atoms with Crippen molar-refractivity contribution >= 4 is 0 Å². The van der Waals surface area contributed by atoms with Crippen LogP contribution in [-0.2, 0) is 0 Å². The summed E-state index contributed by atoms with van der Waals surface area (Å²) in [5, 5.41) is 9.92. The van der Waals surface area contributed by atoms with Crippen molar-refractivity contribution in [2.75, 3.05) is 0 Å². The van der Waals surface area contributed by atoms with E-state index in [0.29, 0.717) is 24.2 Å². The number of aliphatic hydroxyl groups is 1. The van der Waals surface area contributed by atoms with Crippen LogP contribution in [0.4, 0.5) is 0 Å². The zero-order chi connectivity index (χ0) is 12.5. The normalized spacial score (nSPS) is 28.6. The van der Waals surface area contributed by atoms with Gasteiger partial charge in [0.1, 0.15) is 11.4 Å². The fraction of sp³-hybridized carbons (Fsp3) is 0.538. The van der Waals surface area contributed by atoms with Crippen molar-refractivity contribution in [3.63, 3.8) is 0 Å². The van der Waals surface area contributed by atoms with Crippen LogP contribution in [-0.4, -0.2) is 20.7 Å². The van der Waals surface area contributed by atoms with Gasteiger partial charge < -0.3 is 10.1 Å². The molecule has 17 heavy (non-hydrogen) atoms. The van der Waals surface area contributed by atoms with E-state index < -0.39 is 5.60 Å². The molecule has 0 spiro atoms. The largest absolute Gasteiger partial charge is 0.378 e. The second kappa shape index (κ2) is 4.34. The number of aromatic amines is 1. The van der Waals surface area contributed by atoms with Crippen LogP contribution < -0.4 is 5.56 Å². The van der Waals surface area contributed by atoms with E-state index in [1.807, 2.05) is 0 Å². The van der Waals surface area contributed by atoms with Gasteiger partial charge in [-0.15, -0.1) is 6.42 Å². The molecule has 0 radical (unpaired) electrons. The average molecular weight is 232 g/mol. The maximum Gasteiger partial charge on any atom is 0.254 e. The fourth-order valence-corrected chi connectivity index (χ4v) is 2.34. The van der Waals surface area contributed by atoms with Crippen LogP contribution in [0.1, 0.15) is 43.0 Å². The highest BCUT2D eigenvalue weighted by Gasteiger charge is 2.32. The molecule has 0 aromatic carbocycles. The van der Waals surface area contributed by atoms with Gasteiger partial charge in [0.15, 0.2) is 0 Å². The smallest absolute Gasteiger partial charge is 0.254 e. The summed E-state index contributed by atoms with van der Waals surface area (Å²) in [6.45, 7) is 1.75. The Hall–Kier alpha value is -1.60. The van der Waals surface area contributed by atoms with Crippen LogP contribution in [0.3, 0.4) is 0 Å². The second-order valence-corrected chi connectivity index (χ2v) is 4.70. The zero-order valence-electron chi connectivity index (χ0n) is 9.86. The SMILES string of the molecule is C#CC1(O)CCC(c2cnc(C)[nH]c2=O)CC1. The van der Waals surface area contributed by atoms with Crippen molar-refractivity contribution in [1.29, 1.82) is 0 Å². The van der Waals surface area contributed by atoms with Crippen molar-refractivity contribution in [1.82, 2.24) is 9.97 Å². The second-order valence-electron chi connectivity index (χ2n) is 4.70. The maximum absolute atomic E-state index is 11.8. The van der Waals surface area contributed by atoms with Gasteiger partial charge >= 0.3 is 0 Å². The molecule has 0 aliphatic heterocycles. The average Bonchev–Trinajstić information content (AvgIpc) is 2.31. The van der Waals surface area contributed by atoms with Gasteiger partial charge in [-0.25, -0.2) is 4.98 Å². The standard InChI is InChI=1S/C13H16N2O2/c1-3-13(17)6-4-10(5-7-13)11-8-14-9(2)15-12(11)16/h1,8,10,17H,4-7H2,2H3,(H,14,15,16). The highest BCUT2D eigenvalue weighted by atomic mass is 16.3. The van der Waals surface area contributed by atoms with E-state index in [1.54, 1.807) is 13.1 Å². The van der Waals surface area contributed by atoms with Crippen molar-refractivity contribution in [2.45, 2.75) is 44.1 Å². The lowest BCUT2D eigenvalue weighted by Crippen LogP contribution is -2.33. The summed E-state index contributed by atoms with van der Waals surface area (Å²) in [5.74, 6) is 3.20. The van der Waals surface area contributed by atoms with E-state index in [9.17, 15) is 9.90 Å². The molecule has 1 heterocycles. The van der Waals surface area contributed by atoms with E-state index in [1.165, 1.54) is 0 Å². The van der Waals surface area contributed by atoms with Crippen LogP contribution in [0.2, 0.25) is 0 Å². The number of H-pyrrole nitrogens is 1. The lowest BCUT2D eigenvalue weighted by molar-refractivity contribution is 0.0548. The minimum Gasteiger partial charge on any atom is -0.378 e. The molecule has 4 heteroatoms. The monoisotopic (exact) mass is 232 g/mol. The van der Waals surface area contributed by atoms with Crippen molar-refractivity contribution in [3.05, 3.63) is 27.9 Å². The number of aryl methyl sites for hydroxylation is 1. The van der Waals surface area contributed by atoms with E-state index >= 15 is 0 Å². The van der Waals surface area contributed by atoms with Crippen molar-refractivity contribution in [2.24, 2.45) is 0 Å². The van der Waals surface area contributed by atoms with Crippen molar-refractivity contribution < 1.29 is 5.11 Å². The van der Waals surface area contributed by atoms with Gasteiger partial charge in [0, 0.05) is 11.8 Å². The lowest BCUT2D eigenvalue weighted by Gasteiger charge is -2.31. The van der Waals surface area contributed by atoms with Gasteiger partial charge in [0.05, 0.1) is 0 Å². The first kappa shape index (κ1) is 11.9. The first-order valence-electron chi connectivity index (χ1n) is 5.80. The number of aromatic nitrogens is 2. The van der Waals surface area contributed by atoms with Crippen LogP contribution in [0.5, 0.6) is 0 Å². The number of terminal acetylenes is 1. The topological polar surface area (TPSA) is 66.0 Å². The number of hydrogen-bond acceptors (Lipinski definition) is 3. The summed E-state index contributed by atoms with van der Waals surface area (Å²) in [6.07, 6.45) is 9.48. The summed E-state index contributed by atoms with van der Waals surface area (Å²) in [7, 11) is 0. The third kappa shape index (κ3) is 2.40. The van der Waals surface area contributed by atoms with Gasteiger partial charge in [0.25, 0.3) is 5.56 Å². The third-order valence-corrected chi connectivity index (χ3v) is 3.48. The molecule has 90 valence electrons. The van der Waals surface area contributed by atoms with E-state index in [4.69, 9.17) is 6.42 Å². The Morgan fingerprint density at radius 1 is 1.59 bits per heavy atom. The molecule has 1 saturated carbocycles. The lowest BCUT2D eigenvalue weighted by atomic mass is 9.77. The molecule has 0 saturated heterocycles. The molecule has 2 N–H and O–H groups in total. The van der Waals surface area contributed by atoms with E-state index in [2.05, 4.69) is 15.9 Å². The summed E-state index contributed by atoms with van der Waals surface area (Å²) >= 11 is 0. The predicted octanol–water partition coefficient (Wildman–Crippen LogP) is 1.10.